The van der Waals surface area contributed by atoms with Crippen molar-refractivity contribution in [3.63, 3.8) is 0 Å². The molecule has 32 heavy (non-hydrogen) atoms. The van der Waals surface area contributed by atoms with Crippen LogP contribution in [0.25, 0.3) is 0 Å². The molecule has 2 aromatic rings. The van der Waals surface area contributed by atoms with Crippen LogP contribution in [0, 0.1) is 5.92 Å². The van der Waals surface area contributed by atoms with E-state index >= 15 is 0 Å². The Hall–Kier alpha value is -1.40. The number of aliphatic hydroxyl groups is 2. The zero-order valence-corrected chi connectivity index (χ0v) is 20.4. The smallest absolute Gasteiger partial charge is 0.348 e. The lowest BCUT2D eigenvalue weighted by atomic mass is 9.84. The predicted molar refractivity (Wildman–Crippen MR) is 131 cm³/mol. The summed E-state index contributed by atoms with van der Waals surface area (Å²) in [5.74, 6) is 0.0377. The van der Waals surface area contributed by atoms with Crippen LogP contribution in [0.2, 0.25) is 0 Å². The number of hydrogen-bond acceptors (Lipinski definition) is 5. The van der Waals surface area contributed by atoms with E-state index in [4.69, 9.17) is 21.4 Å². The first kappa shape index (κ1) is 25.2. The van der Waals surface area contributed by atoms with E-state index in [1.54, 1.807) is 0 Å². The molecule has 1 fully saturated rings. The molecule has 0 bridgehead atoms. The van der Waals surface area contributed by atoms with E-state index in [2.05, 4.69) is 24.3 Å². The number of methoxy groups -OCH3 is 1. The molecule has 6 heteroatoms. The largest absolute Gasteiger partial charge is 0.465 e. The third-order valence-electron chi connectivity index (χ3n) is 6.55. The van der Waals surface area contributed by atoms with Crippen LogP contribution < -0.4 is 0 Å². The number of halogens is 1. The number of benzene rings is 1. The maximum atomic E-state index is 11.6. The number of unbranched alkanes of at least 4 members (excludes halogenated alkanes) is 3. The number of aliphatic hydroxyl groups excluding tert-OH is 2. The van der Waals surface area contributed by atoms with Crippen LogP contribution in [0.15, 0.2) is 36.4 Å². The average Bonchev–Trinajstić information content (AvgIpc) is 3.38. The summed E-state index contributed by atoms with van der Waals surface area (Å²) in [6, 6.07) is 12.5. The zero-order valence-electron chi connectivity index (χ0n) is 18.8. The minimum atomic E-state index is -0.403. The molecule has 1 aliphatic carbocycles. The van der Waals surface area contributed by atoms with Crippen molar-refractivity contribution in [3.05, 3.63) is 57.3 Å². The van der Waals surface area contributed by atoms with E-state index in [1.165, 1.54) is 34.5 Å². The Morgan fingerprint density at radius 1 is 1.06 bits per heavy atom. The molecule has 4 nitrogen and oxygen atoms in total. The van der Waals surface area contributed by atoms with Crippen molar-refractivity contribution < 1.29 is 19.7 Å². The Bertz CT molecular complexity index is 835. The average molecular weight is 479 g/mol. The molecule has 1 heterocycles. The molecule has 0 saturated heterocycles. The van der Waals surface area contributed by atoms with Crippen LogP contribution in [-0.4, -0.2) is 41.4 Å². The van der Waals surface area contributed by atoms with Gasteiger partial charge >= 0.3 is 5.97 Å². The molecule has 1 aromatic heterocycles. The second-order valence-electron chi connectivity index (χ2n) is 8.79. The van der Waals surface area contributed by atoms with Crippen molar-refractivity contribution in [2.45, 2.75) is 75.2 Å². The van der Waals surface area contributed by atoms with Gasteiger partial charge in [-0.05, 0) is 74.1 Å². The standard InChI is InChI=1S/C26H35ClO4S/c1-31-26(30)24-15-14-20(32-24)8-6-9-21-22(27)17-23(29)25(21)19-12-10-18(11-13-19)7-4-2-3-5-16-28/h10-15,21-23,25,28-29H,2-9,16-17H2,1H3/t21-,22+,23+,25+/m0/s1. The summed E-state index contributed by atoms with van der Waals surface area (Å²) < 4.78 is 4.79. The van der Waals surface area contributed by atoms with Gasteiger partial charge in [0.1, 0.15) is 4.88 Å². The summed E-state index contributed by atoms with van der Waals surface area (Å²) in [4.78, 5) is 13.5. The highest BCUT2D eigenvalue weighted by Crippen LogP contribution is 2.45. The number of esters is 1. The second-order valence-corrected chi connectivity index (χ2v) is 10.5. The Morgan fingerprint density at radius 2 is 1.81 bits per heavy atom. The maximum absolute atomic E-state index is 11.6. The fraction of sp³-hybridized carbons (Fsp3) is 0.577. The lowest BCUT2D eigenvalue weighted by molar-refractivity contribution is 0.0606. The number of carbonyl (C=O) groups excluding carboxylic acids is 1. The summed E-state index contributed by atoms with van der Waals surface area (Å²) >= 11 is 8.16. The van der Waals surface area contributed by atoms with Gasteiger partial charge in [-0.15, -0.1) is 22.9 Å². The first-order valence-corrected chi connectivity index (χ1v) is 13.0. The summed E-state index contributed by atoms with van der Waals surface area (Å²) in [5.41, 5.74) is 2.50. The van der Waals surface area contributed by atoms with Gasteiger partial charge in [0.05, 0.1) is 13.2 Å². The molecule has 0 radical (unpaired) electrons. The third-order valence-corrected chi connectivity index (χ3v) is 8.18. The molecule has 1 saturated carbocycles. The summed E-state index contributed by atoms with van der Waals surface area (Å²) in [5, 5.41) is 19.6. The zero-order chi connectivity index (χ0) is 22.9. The van der Waals surface area contributed by atoms with Crippen molar-refractivity contribution in [3.8, 4) is 0 Å². The van der Waals surface area contributed by atoms with Crippen molar-refractivity contribution in [1.82, 2.24) is 0 Å². The van der Waals surface area contributed by atoms with Gasteiger partial charge in [0.25, 0.3) is 0 Å². The number of alkyl halides is 1. The molecule has 0 unspecified atom stereocenters. The number of aryl methyl sites for hydroxylation is 2. The van der Waals surface area contributed by atoms with Crippen LogP contribution in [0.3, 0.4) is 0 Å². The summed E-state index contributed by atoms with van der Waals surface area (Å²) in [6.07, 6.45) is 8.36. The molecule has 4 atom stereocenters. The Balaban J connectivity index is 1.54. The van der Waals surface area contributed by atoms with Gasteiger partial charge in [0, 0.05) is 22.8 Å². The highest BCUT2D eigenvalue weighted by atomic mass is 35.5. The number of rotatable bonds is 12. The number of ether oxygens (including phenoxy) is 1. The number of hydrogen-bond donors (Lipinski definition) is 2. The van der Waals surface area contributed by atoms with Gasteiger partial charge in [-0.2, -0.15) is 0 Å². The van der Waals surface area contributed by atoms with E-state index in [1.807, 2.05) is 12.1 Å². The van der Waals surface area contributed by atoms with Crippen molar-refractivity contribution in [2.24, 2.45) is 5.92 Å². The first-order valence-electron chi connectivity index (χ1n) is 11.7. The van der Waals surface area contributed by atoms with Gasteiger partial charge in [0.2, 0.25) is 0 Å². The van der Waals surface area contributed by atoms with E-state index < -0.39 is 6.10 Å². The highest BCUT2D eigenvalue weighted by molar-refractivity contribution is 7.13. The number of carbonyl (C=O) groups is 1. The van der Waals surface area contributed by atoms with Gasteiger partial charge < -0.3 is 14.9 Å². The van der Waals surface area contributed by atoms with E-state index in [-0.39, 0.29) is 29.8 Å². The summed E-state index contributed by atoms with van der Waals surface area (Å²) in [7, 11) is 1.40. The monoisotopic (exact) mass is 478 g/mol. The number of thiophene rings is 1. The molecule has 176 valence electrons. The van der Waals surface area contributed by atoms with Gasteiger partial charge in [-0.25, -0.2) is 4.79 Å². The van der Waals surface area contributed by atoms with Crippen LogP contribution in [0.1, 0.15) is 76.5 Å². The normalized spacial score (nSPS) is 22.9. The van der Waals surface area contributed by atoms with Gasteiger partial charge in [-0.3, -0.25) is 0 Å². The first-order chi connectivity index (χ1) is 15.5. The van der Waals surface area contributed by atoms with Crippen LogP contribution in [0.4, 0.5) is 0 Å². The minimum absolute atomic E-state index is 0.0184. The molecule has 3 rings (SSSR count). The van der Waals surface area contributed by atoms with Crippen LogP contribution >= 0.6 is 22.9 Å². The lowest BCUT2D eigenvalue weighted by Gasteiger charge is -2.24. The van der Waals surface area contributed by atoms with E-state index in [0.29, 0.717) is 11.3 Å². The highest BCUT2D eigenvalue weighted by Gasteiger charge is 2.41. The molecular weight excluding hydrogens is 444 g/mol. The van der Waals surface area contributed by atoms with Crippen molar-refractivity contribution in [1.29, 1.82) is 0 Å². The Kier molecular flexibility index (Phi) is 10.0. The Morgan fingerprint density at radius 3 is 2.53 bits per heavy atom. The molecular formula is C26H35ClO4S. The lowest BCUT2D eigenvalue weighted by Crippen LogP contribution is -2.19. The topological polar surface area (TPSA) is 66.8 Å². The Labute approximate surface area is 200 Å². The molecule has 1 aliphatic rings. The van der Waals surface area contributed by atoms with Crippen molar-refractivity contribution in [2.75, 3.05) is 13.7 Å². The molecule has 1 aromatic carbocycles. The van der Waals surface area contributed by atoms with E-state index in [9.17, 15) is 9.90 Å². The second kappa shape index (κ2) is 12.7. The third kappa shape index (κ3) is 6.80. The predicted octanol–water partition coefficient (Wildman–Crippen LogP) is 5.72. The SMILES string of the molecule is COC(=O)c1ccc(CCC[C@@H]2[C@@H](c3ccc(CCCCCCO)cc3)[C@H](O)C[C@H]2Cl)s1. The van der Waals surface area contributed by atoms with Gasteiger partial charge in [-0.1, -0.05) is 37.1 Å². The molecule has 0 spiro atoms. The minimum Gasteiger partial charge on any atom is -0.465 e. The molecule has 0 amide bonds. The van der Waals surface area contributed by atoms with Gasteiger partial charge in [0.15, 0.2) is 0 Å². The molecule has 2 N–H and O–H groups in total. The fourth-order valence-corrected chi connectivity index (χ4v) is 6.26. The summed E-state index contributed by atoms with van der Waals surface area (Å²) in [6.45, 7) is 0.281. The van der Waals surface area contributed by atoms with Crippen LogP contribution in [-0.2, 0) is 17.6 Å². The van der Waals surface area contributed by atoms with Crippen LogP contribution in [0.5, 0.6) is 0 Å². The molecule has 0 aliphatic heterocycles. The quantitative estimate of drug-likeness (QED) is 0.232. The fourth-order valence-electron chi connectivity index (χ4n) is 4.83. The van der Waals surface area contributed by atoms with Crippen molar-refractivity contribution >= 4 is 28.9 Å². The van der Waals surface area contributed by atoms with E-state index in [0.717, 1.165) is 51.4 Å². The maximum Gasteiger partial charge on any atom is 0.348 e.